The van der Waals surface area contributed by atoms with Crippen LogP contribution >= 0.6 is 0 Å². The van der Waals surface area contributed by atoms with E-state index in [0.717, 1.165) is 25.3 Å². The van der Waals surface area contributed by atoms with Crippen LogP contribution in [0.5, 0.6) is 0 Å². The molecule has 142 valence electrons. The molecule has 0 aliphatic heterocycles. The Hall–Kier alpha value is -2.27. The Morgan fingerprint density at radius 1 is 1.15 bits per heavy atom. The Bertz CT molecular complexity index is 850. The van der Waals surface area contributed by atoms with Crippen molar-refractivity contribution < 1.29 is 13.6 Å². The molecule has 5 heteroatoms. The maximum atomic E-state index is 14.1. The maximum absolute atomic E-state index is 14.1. The third kappa shape index (κ3) is 3.61. The number of halogens is 2. The van der Waals surface area contributed by atoms with E-state index in [9.17, 15) is 13.6 Å². The zero-order valence-corrected chi connectivity index (χ0v) is 15.3. The van der Waals surface area contributed by atoms with Crippen molar-refractivity contribution in [1.29, 1.82) is 0 Å². The molecule has 0 aromatic heterocycles. The highest BCUT2D eigenvalue weighted by atomic mass is 19.1. The van der Waals surface area contributed by atoms with E-state index in [0.29, 0.717) is 6.04 Å². The van der Waals surface area contributed by atoms with Gasteiger partial charge in [-0.15, -0.1) is 0 Å². The number of carbonyl (C=O) groups is 1. The highest BCUT2D eigenvalue weighted by molar-refractivity contribution is 5.83. The second kappa shape index (κ2) is 7.39. The van der Waals surface area contributed by atoms with Gasteiger partial charge in [0.1, 0.15) is 11.6 Å². The van der Waals surface area contributed by atoms with Crippen LogP contribution in [-0.4, -0.2) is 18.0 Å². The van der Waals surface area contributed by atoms with E-state index in [2.05, 4.69) is 22.8 Å². The lowest BCUT2D eigenvalue weighted by Crippen LogP contribution is -2.48. The largest absolute Gasteiger partial charge is 0.351 e. The van der Waals surface area contributed by atoms with Crippen molar-refractivity contribution in [3.05, 3.63) is 70.8 Å². The van der Waals surface area contributed by atoms with Gasteiger partial charge in [0.15, 0.2) is 0 Å². The first-order valence-electron chi connectivity index (χ1n) is 9.62. The molecule has 2 aliphatic rings. The predicted molar refractivity (Wildman–Crippen MR) is 100 cm³/mol. The minimum atomic E-state index is -0.684. The van der Waals surface area contributed by atoms with Gasteiger partial charge in [0, 0.05) is 17.7 Å². The normalized spacial score (nSPS) is 22.8. The summed E-state index contributed by atoms with van der Waals surface area (Å²) < 4.78 is 27.2. The monoisotopic (exact) mass is 370 g/mol. The van der Waals surface area contributed by atoms with Gasteiger partial charge in [-0.2, -0.15) is 0 Å². The summed E-state index contributed by atoms with van der Waals surface area (Å²) in [7, 11) is 0. The minimum Gasteiger partial charge on any atom is -0.351 e. The molecule has 4 rings (SSSR count). The summed E-state index contributed by atoms with van der Waals surface area (Å²) in [5.41, 5.74) is 2.68. The van der Waals surface area contributed by atoms with E-state index in [1.807, 2.05) is 12.1 Å². The quantitative estimate of drug-likeness (QED) is 0.836. The number of rotatable bonds is 5. The van der Waals surface area contributed by atoms with Crippen LogP contribution in [0.1, 0.15) is 54.8 Å². The van der Waals surface area contributed by atoms with Crippen LogP contribution in [-0.2, 0) is 11.2 Å². The predicted octanol–water partition coefficient (Wildman–Crippen LogP) is 3.99. The number of fused-ring (bicyclic) bond motifs is 1. The zero-order chi connectivity index (χ0) is 19.0. The molecule has 3 atom stereocenters. The maximum Gasteiger partial charge on any atom is 0.227 e. The second-order valence-corrected chi connectivity index (χ2v) is 7.68. The molecule has 0 radical (unpaired) electrons. The van der Waals surface area contributed by atoms with Gasteiger partial charge in [-0.1, -0.05) is 36.8 Å². The Balaban J connectivity index is 1.50. The molecule has 0 spiro atoms. The summed E-state index contributed by atoms with van der Waals surface area (Å²) in [6.45, 7) is 1.65. The molecular weight excluding hydrogens is 346 g/mol. The van der Waals surface area contributed by atoms with Gasteiger partial charge >= 0.3 is 0 Å². The molecule has 0 saturated heterocycles. The van der Waals surface area contributed by atoms with Crippen molar-refractivity contribution in [3.8, 4) is 0 Å². The molecule has 1 saturated carbocycles. The van der Waals surface area contributed by atoms with E-state index in [1.165, 1.54) is 29.7 Å². The van der Waals surface area contributed by atoms with Crippen LogP contribution < -0.4 is 10.6 Å². The number of nitrogens with one attached hydrogen (secondary N) is 2. The molecule has 2 aromatic rings. The van der Waals surface area contributed by atoms with E-state index in [4.69, 9.17) is 0 Å². The van der Waals surface area contributed by atoms with Crippen LogP contribution in [0.2, 0.25) is 0 Å². The first-order chi connectivity index (χ1) is 13.0. The number of carbonyl (C=O) groups excluding carboxylic acids is 1. The van der Waals surface area contributed by atoms with Crippen molar-refractivity contribution in [2.45, 2.75) is 56.7 Å². The standard InChI is InChI=1S/C22H24F2N2O/c1-13(17-10-9-15(23)12-19(17)24)22(27)26-20-11-14-5-2-3-8-18(14)21(20)25-16-6-4-7-16/h2-3,5,8-10,12-13,16,20-21,25H,4,6-7,11H2,1H3,(H,26,27)/t13-,20-,21-/m0/s1. The average molecular weight is 370 g/mol. The molecule has 0 bridgehead atoms. The van der Waals surface area contributed by atoms with Gasteiger partial charge in [-0.25, -0.2) is 8.78 Å². The van der Waals surface area contributed by atoms with E-state index in [-0.39, 0.29) is 23.6 Å². The van der Waals surface area contributed by atoms with Crippen molar-refractivity contribution in [2.24, 2.45) is 0 Å². The van der Waals surface area contributed by atoms with Crippen LogP contribution in [0.25, 0.3) is 0 Å². The van der Waals surface area contributed by atoms with Crippen LogP contribution in [0.3, 0.4) is 0 Å². The molecule has 0 unspecified atom stereocenters. The topological polar surface area (TPSA) is 41.1 Å². The van der Waals surface area contributed by atoms with Gasteiger partial charge in [-0.3, -0.25) is 4.79 Å². The van der Waals surface area contributed by atoms with Gasteiger partial charge < -0.3 is 10.6 Å². The fraction of sp³-hybridized carbons (Fsp3) is 0.409. The average Bonchev–Trinajstić information content (AvgIpc) is 2.94. The summed E-state index contributed by atoms with van der Waals surface area (Å²) in [6.07, 6.45) is 4.32. The van der Waals surface area contributed by atoms with Crippen LogP contribution in [0.4, 0.5) is 8.78 Å². The third-order valence-corrected chi connectivity index (χ3v) is 5.90. The van der Waals surface area contributed by atoms with Crippen LogP contribution in [0, 0.1) is 11.6 Å². The highest BCUT2D eigenvalue weighted by Crippen LogP contribution is 2.34. The molecule has 2 aromatic carbocycles. The molecule has 27 heavy (non-hydrogen) atoms. The fourth-order valence-corrected chi connectivity index (χ4v) is 4.07. The van der Waals surface area contributed by atoms with Gasteiger partial charge in [0.25, 0.3) is 0 Å². The van der Waals surface area contributed by atoms with Crippen LogP contribution in [0.15, 0.2) is 42.5 Å². The van der Waals surface area contributed by atoms with Crippen molar-refractivity contribution >= 4 is 5.91 Å². The number of hydrogen-bond donors (Lipinski definition) is 2. The minimum absolute atomic E-state index is 0.0681. The van der Waals surface area contributed by atoms with Gasteiger partial charge in [0.05, 0.1) is 18.0 Å². The lowest BCUT2D eigenvalue weighted by Gasteiger charge is -2.33. The number of hydrogen-bond acceptors (Lipinski definition) is 2. The summed E-state index contributed by atoms with van der Waals surface area (Å²) in [6, 6.07) is 12.1. The molecule has 1 amide bonds. The van der Waals surface area contributed by atoms with Crippen molar-refractivity contribution in [1.82, 2.24) is 10.6 Å². The Labute approximate surface area is 158 Å². The third-order valence-electron chi connectivity index (χ3n) is 5.90. The van der Waals surface area contributed by atoms with E-state index < -0.39 is 17.6 Å². The molecule has 1 fully saturated rings. The Morgan fingerprint density at radius 2 is 1.93 bits per heavy atom. The fourth-order valence-electron chi connectivity index (χ4n) is 4.07. The Kier molecular flexibility index (Phi) is 4.96. The summed E-state index contributed by atoms with van der Waals surface area (Å²) in [5.74, 6) is -2.24. The second-order valence-electron chi connectivity index (χ2n) is 7.68. The summed E-state index contributed by atoms with van der Waals surface area (Å²) in [5, 5.41) is 6.79. The lowest BCUT2D eigenvalue weighted by atomic mass is 9.91. The molecule has 2 aliphatic carbocycles. The first-order valence-corrected chi connectivity index (χ1v) is 9.62. The van der Waals surface area contributed by atoms with E-state index in [1.54, 1.807) is 6.92 Å². The zero-order valence-electron chi connectivity index (χ0n) is 15.3. The van der Waals surface area contributed by atoms with E-state index >= 15 is 0 Å². The van der Waals surface area contributed by atoms with Gasteiger partial charge in [0.2, 0.25) is 5.91 Å². The number of benzene rings is 2. The molecular formula is C22H24F2N2O. The smallest absolute Gasteiger partial charge is 0.227 e. The Morgan fingerprint density at radius 3 is 2.63 bits per heavy atom. The number of amides is 1. The molecule has 3 nitrogen and oxygen atoms in total. The molecule has 2 N–H and O–H groups in total. The van der Waals surface area contributed by atoms with Crippen molar-refractivity contribution in [3.63, 3.8) is 0 Å². The van der Waals surface area contributed by atoms with Gasteiger partial charge in [-0.05, 0) is 43.4 Å². The van der Waals surface area contributed by atoms with Crippen molar-refractivity contribution in [2.75, 3.05) is 0 Å². The summed E-state index contributed by atoms with van der Waals surface area (Å²) >= 11 is 0. The summed E-state index contributed by atoms with van der Waals surface area (Å²) in [4.78, 5) is 12.8. The SMILES string of the molecule is C[C@H](C(=O)N[C@H]1Cc2ccccc2[C@@H]1NC1CCC1)c1ccc(F)cc1F. The highest BCUT2D eigenvalue weighted by Gasteiger charge is 2.36. The molecule has 0 heterocycles. The first kappa shape index (κ1) is 18.1. The lowest BCUT2D eigenvalue weighted by molar-refractivity contribution is -0.123.